The molecule has 0 radical (unpaired) electrons. The Morgan fingerprint density at radius 1 is 2.00 bits per heavy atom. The molecule has 0 aliphatic carbocycles. The van der Waals surface area contributed by atoms with Crippen LogP contribution < -0.4 is 5.32 Å². The molecule has 0 spiro atoms. The molecule has 1 amide bonds. The number of rotatable bonds is 4. The lowest BCUT2D eigenvalue weighted by Crippen LogP contribution is -2.26. The van der Waals surface area contributed by atoms with Crippen molar-refractivity contribution in [3.63, 3.8) is 0 Å². The van der Waals surface area contributed by atoms with Crippen molar-refractivity contribution >= 4 is 6.41 Å². The van der Waals surface area contributed by atoms with Crippen molar-refractivity contribution in [2.75, 3.05) is 13.7 Å². The Kier molecular flexibility index (Phi) is 4.20. The fraction of sp³-hybridized carbons (Fsp3) is 0.750. The molecule has 48 valence electrons. The number of aliphatic hydroxyl groups is 1. The largest absolute Gasteiger partial charge is 0.366 e. The van der Waals surface area contributed by atoms with Gasteiger partial charge in [-0.25, -0.2) is 0 Å². The fourth-order valence-corrected chi connectivity index (χ4v) is 0.232. The Morgan fingerprint density at radius 3 is 3.00 bits per heavy atom. The van der Waals surface area contributed by atoms with E-state index in [1.807, 2.05) is 0 Å². The second kappa shape index (κ2) is 4.55. The normalized spacial score (nSPS) is 12.8. The minimum Gasteiger partial charge on any atom is -0.366 e. The van der Waals surface area contributed by atoms with Gasteiger partial charge >= 0.3 is 0 Å². The molecule has 4 nitrogen and oxygen atoms in total. The lowest BCUT2D eigenvalue weighted by Gasteiger charge is -2.04. The zero-order valence-corrected chi connectivity index (χ0v) is 4.63. The number of carbonyl (C=O) groups excluding carboxylic acids is 1. The summed E-state index contributed by atoms with van der Waals surface area (Å²) in [7, 11) is 1.36. The van der Waals surface area contributed by atoms with Crippen molar-refractivity contribution in [1.29, 1.82) is 0 Å². The summed E-state index contributed by atoms with van der Waals surface area (Å²) in [5, 5.41) is 10.8. The summed E-state index contributed by atoms with van der Waals surface area (Å²) in [5.41, 5.74) is 0. The Bertz CT molecular complexity index is 66.3. The van der Waals surface area contributed by atoms with Crippen molar-refractivity contribution in [2.45, 2.75) is 6.29 Å². The van der Waals surface area contributed by atoms with Crippen molar-refractivity contribution in [3.05, 3.63) is 0 Å². The summed E-state index contributed by atoms with van der Waals surface area (Å²) < 4.78 is 4.39. The zero-order chi connectivity index (χ0) is 6.41. The maximum absolute atomic E-state index is 9.55. The van der Waals surface area contributed by atoms with E-state index in [1.165, 1.54) is 7.11 Å². The maximum atomic E-state index is 9.55. The van der Waals surface area contributed by atoms with E-state index in [1.54, 1.807) is 0 Å². The van der Waals surface area contributed by atoms with Gasteiger partial charge in [-0.15, -0.1) is 0 Å². The summed E-state index contributed by atoms with van der Waals surface area (Å²) in [4.78, 5) is 9.55. The molecule has 2 N–H and O–H groups in total. The van der Waals surface area contributed by atoms with E-state index in [-0.39, 0.29) is 6.54 Å². The average Bonchev–Trinajstić information content (AvgIpc) is 1.83. The van der Waals surface area contributed by atoms with Crippen LogP contribution in [0.25, 0.3) is 0 Å². The second-order valence-electron chi connectivity index (χ2n) is 1.22. The predicted molar refractivity (Wildman–Crippen MR) is 27.1 cm³/mol. The number of ether oxygens (including phenoxy) is 1. The van der Waals surface area contributed by atoms with E-state index in [4.69, 9.17) is 5.11 Å². The zero-order valence-electron chi connectivity index (χ0n) is 4.63. The van der Waals surface area contributed by atoms with Crippen molar-refractivity contribution in [2.24, 2.45) is 0 Å². The van der Waals surface area contributed by atoms with Gasteiger partial charge in [-0.2, -0.15) is 0 Å². The molecule has 0 aromatic heterocycles. The molecule has 0 fully saturated rings. The molecular formula is C4H9NO3. The molecule has 0 rings (SSSR count). The van der Waals surface area contributed by atoms with E-state index in [0.29, 0.717) is 6.41 Å². The molecule has 0 bridgehead atoms. The molecule has 0 saturated heterocycles. The van der Waals surface area contributed by atoms with Gasteiger partial charge in [0.1, 0.15) is 0 Å². The molecule has 0 heterocycles. The third kappa shape index (κ3) is 3.58. The molecule has 8 heavy (non-hydrogen) atoms. The number of hydrogen-bond donors (Lipinski definition) is 2. The Hall–Kier alpha value is -0.610. The molecule has 0 aliphatic heterocycles. The van der Waals surface area contributed by atoms with Crippen molar-refractivity contribution < 1.29 is 14.6 Å². The first-order valence-electron chi connectivity index (χ1n) is 2.19. The molecule has 0 aliphatic rings. The van der Waals surface area contributed by atoms with Crippen molar-refractivity contribution in [1.82, 2.24) is 5.32 Å². The topological polar surface area (TPSA) is 58.6 Å². The predicted octanol–water partition coefficient (Wildman–Crippen LogP) is -1.30. The second-order valence-corrected chi connectivity index (χ2v) is 1.22. The number of carbonyl (C=O) groups is 1. The molecular weight excluding hydrogens is 110 g/mol. The number of methoxy groups -OCH3 is 1. The fourth-order valence-electron chi connectivity index (χ4n) is 0.232. The Balaban J connectivity index is 2.97. The number of aliphatic hydroxyl groups excluding tert-OH is 1. The third-order valence-corrected chi connectivity index (χ3v) is 0.648. The van der Waals surface area contributed by atoms with E-state index in [2.05, 4.69) is 10.1 Å². The highest BCUT2D eigenvalue weighted by Crippen LogP contribution is 1.75. The molecule has 1 atom stereocenters. The first kappa shape index (κ1) is 7.39. The van der Waals surface area contributed by atoms with Gasteiger partial charge in [0.25, 0.3) is 0 Å². The minimum absolute atomic E-state index is 0.139. The van der Waals surface area contributed by atoms with Gasteiger partial charge in [-0.3, -0.25) is 4.79 Å². The highest BCUT2D eigenvalue weighted by atomic mass is 16.6. The summed E-state index contributed by atoms with van der Waals surface area (Å²) in [6, 6.07) is 0. The van der Waals surface area contributed by atoms with Gasteiger partial charge in [0, 0.05) is 7.11 Å². The standard InChI is InChI=1S/C4H9NO3/c1-8-4(7)2-5-3-6/h3-4,7H,2H2,1H3,(H,5,6). The number of amides is 1. The molecule has 0 aromatic rings. The molecule has 0 saturated carbocycles. The van der Waals surface area contributed by atoms with Crippen LogP contribution in [0.3, 0.4) is 0 Å². The van der Waals surface area contributed by atoms with E-state index >= 15 is 0 Å². The van der Waals surface area contributed by atoms with Crippen LogP contribution in [-0.4, -0.2) is 31.5 Å². The van der Waals surface area contributed by atoms with Crippen molar-refractivity contribution in [3.8, 4) is 0 Å². The van der Waals surface area contributed by atoms with E-state index in [0.717, 1.165) is 0 Å². The van der Waals surface area contributed by atoms with Gasteiger partial charge in [0.2, 0.25) is 6.41 Å². The highest BCUT2D eigenvalue weighted by molar-refractivity contribution is 5.45. The highest BCUT2D eigenvalue weighted by Gasteiger charge is 1.95. The van der Waals surface area contributed by atoms with Crippen LogP contribution in [0.2, 0.25) is 0 Å². The smallest absolute Gasteiger partial charge is 0.207 e. The quantitative estimate of drug-likeness (QED) is 0.357. The summed E-state index contributed by atoms with van der Waals surface area (Å²) >= 11 is 0. The van der Waals surface area contributed by atoms with Crippen LogP contribution >= 0.6 is 0 Å². The number of nitrogens with one attached hydrogen (secondary N) is 1. The third-order valence-electron chi connectivity index (χ3n) is 0.648. The average molecular weight is 119 g/mol. The molecule has 1 unspecified atom stereocenters. The molecule has 4 heteroatoms. The van der Waals surface area contributed by atoms with Crippen LogP contribution in [0.15, 0.2) is 0 Å². The molecule has 0 aromatic carbocycles. The minimum atomic E-state index is -0.889. The first-order valence-corrected chi connectivity index (χ1v) is 2.19. The van der Waals surface area contributed by atoms with Gasteiger partial charge in [0.15, 0.2) is 6.29 Å². The van der Waals surface area contributed by atoms with Crippen LogP contribution in [0.1, 0.15) is 0 Å². The van der Waals surface area contributed by atoms with Gasteiger partial charge < -0.3 is 15.2 Å². The monoisotopic (exact) mass is 119 g/mol. The summed E-state index contributed by atoms with van der Waals surface area (Å²) in [6.45, 7) is 0.139. The van der Waals surface area contributed by atoms with Gasteiger partial charge in [-0.1, -0.05) is 0 Å². The first-order chi connectivity index (χ1) is 3.81. The van der Waals surface area contributed by atoms with Crippen LogP contribution in [-0.2, 0) is 9.53 Å². The summed E-state index contributed by atoms with van der Waals surface area (Å²) in [6.07, 6.45) is -0.386. The van der Waals surface area contributed by atoms with Crippen LogP contribution in [0, 0.1) is 0 Å². The Labute approximate surface area is 47.5 Å². The van der Waals surface area contributed by atoms with Gasteiger partial charge in [-0.05, 0) is 0 Å². The van der Waals surface area contributed by atoms with E-state index in [9.17, 15) is 4.79 Å². The Morgan fingerprint density at radius 2 is 2.62 bits per heavy atom. The van der Waals surface area contributed by atoms with E-state index < -0.39 is 6.29 Å². The van der Waals surface area contributed by atoms with Gasteiger partial charge in [0.05, 0.1) is 6.54 Å². The SMILES string of the molecule is COC(O)CNC=O. The lowest BCUT2D eigenvalue weighted by molar-refractivity contribution is -0.113. The number of hydrogen-bond acceptors (Lipinski definition) is 3. The van der Waals surface area contributed by atoms with Crippen LogP contribution in [0.5, 0.6) is 0 Å². The maximum Gasteiger partial charge on any atom is 0.207 e. The lowest BCUT2D eigenvalue weighted by atomic mass is 10.6. The van der Waals surface area contributed by atoms with Crippen LogP contribution in [0.4, 0.5) is 0 Å². The summed E-state index contributed by atoms with van der Waals surface area (Å²) in [5.74, 6) is 0.